The average molecular weight is 339 g/mol. The third-order valence-corrected chi connectivity index (χ3v) is 4.20. The number of nitrogens with one attached hydrogen (secondary N) is 1. The third kappa shape index (κ3) is 4.86. The first kappa shape index (κ1) is 17.1. The molecule has 1 saturated heterocycles. The zero-order chi connectivity index (χ0) is 17.3. The fraction of sp³-hybridized carbons (Fsp3) is 0.368. The fourth-order valence-corrected chi connectivity index (χ4v) is 2.91. The van der Waals surface area contributed by atoms with E-state index in [1.54, 1.807) is 12.4 Å². The van der Waals surface area contributed by atoms with Crippen LogP contribution in [-0.4, -0.2) is 62.2 Å². The van der Waals surface area contributed by atoms with Crippen LogP contribution in [0.25, 0.3) is 0 Å². The number of rotatable bonds is 5. The highest BCUT2D eigenvalue weighted by atomic mass is 16.5. The van der Waals surface area contributed by atoms with Crippen LogP contribution >= 0.6 is 0 Å². The second kappa shape index (κ2) is 8.92. The quantitative estimate of drug-likeness (QED) is 0.512. The summed E-state index contributed by atoms with van der Waals surface area (Å²) in [6.45, 7) is 5.19. The van der Waals surface area contributed by atoms with Crippen LogP contribution in [-0.2, 0) is 0 Å². The Morgan fingerprint density at radius 1 is 1.12 bits per heavy atom. The Bertz CT molecular complexity index is 654. The summed E-state index contributed by atoms with van der Waals surface area (Å²) in [5.41, 5.74) is 1.29. The lowest BCUT2D eigenvalue weighted by atomic mass is 10.2. The van der Waals surface area contributed by atoms with E-state index in [-0.39, 0.29) is 0 Å². The van der Waals surface area contributed by atoms with E-state index in [2.05, 4.69) is 55.4 Å². The van der Waals surface area contributed by atoms with Crippen LogP contribution in [0.3, 0.4) is 0 Å². The summed E-state index contributed by atoms with van der Waals surface area (Å²) in [5, 5.41) is 3.38. The van der Waals surface area contributed by atoms with Gasteiger partial charge >= 0.3 is 0 Å². The normalized spacial score (nSPS) is 15.2. The fourth-order valence-electron chi connectivity index (χ4n) is 2.91. The van der Waals surface area contributed by atoms with E-state index in [0.29, 0.717) is 13.2 Å². The minimum Gasteiger partial charge on any atom is -0.490 e. The highest BCUT2D eigenvalue weighted by Crippen LogP contribution is 2.15. The predicted molar refractivity (Wildman–Crippen MR) is 101 cm³/mol. The molecule has 0 radical (unpaired) electrons. The van der Waals surface area contributed by atoms with Gasteiger partial charge in [-0.1, -0.05) is 18.2 Å². The average Bonchev–Trinajstić information content (AvgIpc) is 2.70. The van der Waals surface area contributed by atoms with E-state index in [0.717, 1.165) is 37.9 Å². The van der Waals surface area contributed by atoms with Crippen molar-refractivity contribution in [2.24, 2.45) is 4.99 Å². The summed E-state index contributed by atoms with van der Waals surface area (Å²) < 4.78 is 5.66. The van der Waals surface area contributed by atoms with Crippen LogP contribution < -0.4 is 15.0 Å². The minimum atomic E-state index is 0.578. The van der Waals surface area contributed by atoms with Crippen molar-refractivity contribution < 1.29 is 4.74 Å². The van der Waals surface area contributed by atoms with Gasteiger partial charge in [0.15, 0.2) is 5.96 Å². The van der Waals surface area contributed by atoms with E-state index >= 15 is 0 Å². The maximum atomic E-state index is 5.66. The molecule has 132 valence electrons. The molecular formula is C19H25N5O. The lowest BCUT2D eigenvalue weighted by Gasteiger charge is -2.37. The van der Waals surface area contributed by atoms with Crippen LogP contribution in [0, 0.1) is 0 Å². The van der Waals surface area contributed by atoms with Crippen LogP contribution in [0.2, 0.25) is 0 Å². The van der Waals surface area contributed by atoms with Crippen molar-refractivity contribution in [3.63, 3.8) is 0 Å². The number of para-hydroxylation sites is 1. The van der Waals surface area contributed by atoms with Crippen molar-refractivity contribution in [1.82, 2.24) is 15.2 Å². The zero-order valence-electron chi connectivity index (χ0n) is 14.6. The molecule has 25 heavy (non-hydrogen) atoms. The van der Waals surface area contributed by atoms with Crippen LogP contribution in [0.4, 0.5) is 5.69 Å². The lowest BCUT2D eigenvalue weighted by Crippen LogP contribution is -2.53. The molecule has 1 N–H and O–H groups in total. The maximum Gasteiger partial charge on any atom is 0.193 e. The first-order valence-electron chi connectivity index (χ1n) is 8.65. The van der Waals surface area contributed by atoms with Gasteiger partial charge in [-0.25, -0.2) is 0 Å². The number of piperazine rings is 1. The largest absolute Gasteiger partial charge is 0.490 e. The van der Waals surface area contributed by atoms with Crippen molar-refractivity contribution in [3.05, 3.63) is 54.9 Å². The molecule has 0 aliphatic carbocycles. The van der Waals surface area contributed by atoms with Crippen LogP contribution in [0.1, 0.15) is 0 Å². The molecule has 1 aromatic heterocycles. The Labute approximate surface area is 149 Å². The minimum absolute atomic E-state index is 0.578. The Balaban J connectivity index is 1.42. The lowest BCUT2D eigenvalue weighted by molar-refractivity contribution is 0.314. The van der Waals surface area contributed by atoms with E-state index in [9.17, 15) is 0 Å². The molecule has 0 spiro atoms. The molecule has 6 heteroatoms. The van der Waals surface area contributed by atoms with Gasteiger partial charge in [-0.2, -0.15) is 0 Å². The van der Waals surface area contributed by atoms with Gasteiger partial charge in [0.05, 0.1) is 12.7 Å². The molecule has 0 unspecified atom stereocenters. The van der Waals surface area contributed by atoms with Gasteiger partial charge in [-0.05, 0) is 24.3 Å². The Hall–Kier alpha value is -2.76. The molecule has 6 nitrogen and oxygen atoms in total. The molecule has 2 aromatic rings. The molecule has 0 atom stereocenters. The van der Waals surface area contributed by atoms with Gasteiger partial charge in [0.25, 0.3) is 0 Å². The van der Waals surface area contributed by atoms with Crippen molar-refractivity contribution in [2.45, 2.75) is 0 Å². The van der Waals surface area contributed by atoms with Crippen LogP contribution in [0.15, 0.2) is 59.9 Å². The number of pyridine rings is 1. The van der Waals surface area contributed by atoms with Gasteiger partial charge in [0, 0.05) is 45.1 Å². The van der Waals surface area contributed by atoms with E-state index < -0.39 is 0 Å². The number of hydrogen-bond acceptors (Lipinski definition) is 4. The Morgan fingerprint density at radius 2 is 1.92 bits per heavy atom. The molecule has 3 rings (SSSR count). The summed E-state index contributed by atoms with van der Waals surface area (Å²) in [6, 6.07) is 14.3. The molecule has 1 aromatic carbocycles. The number of nitrogens with zero attached hydrogens (tertiary/aromatic N) is 4. The van der Waals surface area contributed by atoms with Gasteiger partial charge < -0.3 is 19.9 Å². The number of aromatic nitrogens is 1. The predicted octanol–water partition coefficient (Wildman–Crippen LogP) is 1.86. The Kier molecular flexibility index (Phi) is 6.09. The first-order valence-corrected chi connectivity index (χ1v) is 8.65. The van der Waals surface area contributed by atoms with Gasteiger partial charge in [-0.15, -0.1) is 0 Å². The van der Waals surface area contributed by atoms with E-state index in [1.807, 2.05) is 19.2 Å². The summed E-state index contributed by atoms with van der Waals surface area (Å²) in [7, 11) is 1.83. The molecule has 0 saturated carbocycles. The van der Waals surface area contributed by atoms with Crippen molar-refractivity contribution in [3.8, 4) is 5.75 Å². The number of benzene rings is 1. The Morgan fingerprint density at radius 3 is 2.60 bits per heavy atom. The summed E-state index contributed by atoms with van der Waals surface area (Å²) in [4.78, 5) is 13.1. The van der Waals surface area contributed by atoms with Gasteiger partial charge in [-0.3, -0.25) is 9.98 Å². The van der Waals surface area contributed by atoms with Crippen LogP contribution in [0.5, 0.6) is 5.75 Å². The number of ether oxygens (including phenoxy) is 1. The van der Waals surface area contributed by atoms with Gasteiger partial charge in [0.1, 0.15) is 12.4 Å². The standard InChI is InChI=1S/C19H25N5O/c1-20-19(22-10-15-25-18-8-5-9-21-16-18)24-13-11-23(12-14-24)17-6-3-2-4-7-17/h2-9,16H,10-15H2,1H3,(H,20,22). The monoisotopic (exact) mass is 339 g/mol. The molecule has 0 bridgehead atoms. The number of hydrogen-bond donors (Lipinski definition) is 1. The highest BCUT2D eigenvalue weighted by Gasteiger charge is 2.19. The first-order chi connectivity index (χ1) is 12.4. The van der Waals surface area contributed by atoms with Gasteiger partial charge in [0.2, 0.25) is 0 Å². The third-order valence-electron chi connectivity index (χ3n) is 4.20. The molecular weight excluding hydrogens is 314 g/mol. The molecule has 1 fully saturated rings. The van der Waals surface area contributed by atoms with Crippen molar-refractivity contribution >= 4 is 11.6 Å². The topological polar surface area (TPSA) is 53.0 Å². The van der Waals surface area contributed by atoms with E-state index in [4.69, 9.17) is 4.74 Å². The zero-order valence-corrected chi connectivity index (χ0v) is 14.6. The molecule has 1 aliphatic rings. The number of aliphatic imine (C=N–C) groups is 1. The summed E-state index contributed by atoms with van der Waals surface area (Å²) in [6.07, 6.45) is 3.46. The molecule has 0 amide bonds. The number of anilines is 1. The number of guanidine groups is 1. The molecule has 1 aliphatic heterocycles. The second-order valence-electron chi connectivity index (χ2n) is 5.82. The highest BCUT2D eigenvalue weighted by molar-refractivity contribution is 5.80. The SMILES string of the molecule is CN=C(NCCOc1cccnc1)N1CCN(c2ccccc2)CC1. The molecule has 2 heterocycles. The summed E-state index contributed by atoms with van der Waals surface area (Å²) in [5.74, 6) is 1.72. The second-order valence-corrected chi connectivity index (χ2v) is 5.82. The van der Waals surface area contributed by atoms with Crippen molar-refractivity contribution in [2.75, 3.05) is 51.3 Å². The maximum absolute atomic E-state index is 5.66. The van der Waals surface area contributed by atoms with E-state index in [1.165, 1.54) is 5.69 Å². The summed E-state index contributed by atoms with van der Waals surface area (Å²) >= 11 is 0. The van der Waals surface area contributed by atoms with Crippen molar-refractivity contribution in [1.29, 1.82) is 0 Å². The smallest absolute Gasteiger partial charge is 0.193 e.